The van der Waals surface area contributed by atoms with Crippen molar-refractivity contribution >= 4 is 22.9 Å². The molecule has 156 valence electrons. The van der Waals surface area contributed by atoms with E-state index in [0.717, 1.165) is 59.5 Å². The molecule has 0 unspecified atom stereocenters. The Labute approximate surface area is 191 Å². The predicted molar refractivity (Wildman–Crippen MR) is 127 cm³/mol. The molecular weight excluding hydrogens is 426 g/mol. The van der Waals surface area contributed by atoms with Gasteiger partial charge in [-0.15, -0.1) is 11.3 Å². The third-order valence-electron chi connectivity index (χ3n) is 5.53. The summed E-state index contributed by atoms with van der Waals surface area (Å²) in [5, 5.41) is 0.722. The highest BCUT2D eigenvalue weighted by Crippen LogP contribution is 2.35. The van der Waals surface area contributed by atoms with Gasteiger partial charge in [0.05, 0.1) is 12.8 Å². The van der Waals surface area contributed by atoms with Gasteiger partial charge in [-0.1, -0.05) is 23.7 Å². The Morgan fingerprint density at radius 2 is 1.90 bits per heavy atom. The summed E-state index contributed by atoms with van der Waals surface area (Å²) >= 11 is 7.82. The zero-order valence-corrected chi connectivity index (χ0v) is 18.8. The zero-order chi connectivity index (χ0) is 21.2. The number of ether oxygens (including phenoxy) is 1. The summed E-state index contributed by atoms with van der Waals surface area (Å²) in [5.41, 5.74) is 4.51. The monoisotopic (exact) mass is 447 g/mol. The molecule has 3 heterocycles. The van der Waals surface area contributed by atoms with Crippen LogP contribution in [0.5, 0.6) is 5.75 Å². The third-order valence-corrected chi connectivity index (χ3v) is 6.88. The summed E-state index contributed by atoms with van der Waals surface area (Å²) < 4.78 is 5.52. The fourth-order valence-electron chi connectivity index (χ4n) is 3.92. The molecule has 0 saturated carbocycles. The lowest BCUT2D eigenvalue weighted by atomic mass is 10.1. The zero-order valence-electron chi connectivity index (χ0n) is 17.2. The summed E-state index contributed by atoms with van der Waals surface area (Å²) in [5.74, 6) is 1.68. The van der Waals surface area contributed by atoms with Gasteiger partial charge in [0.2, 0.25) is 0 Å². The smallest absolute Gasteiger partial charge is 0.159 e. The van der Waals surface area contributed by atoms with E-state index in [2.05, 4.69) is 34.1 Å². The first kappa shape index (κ1) is 20.2. The number of aromatic nitrogens is 2. The van der Waals surface area contributed by atoms with E-state index in [0.29, 0.717) is 0 Å². The standard InChI is InChI=1S/C25H22ClN3OS/c1-30-23-5-3-2-4-21(23)24-11-10-20(31-24)16-29-13-12-22-18(15-29)14-27-25(28-22)17-6-8-19(26)9-7-17/h2-11,14H,12-13,15-16H2,1H3. The lowest BCUT2D eigenvalue weighted by Crippen LogP contribution is -2.30. The van der Waals surface area contributed by atoms with Gasteiger partial charge in [-0.2, -0.15) is 0 Å². The van der Waals surface area contributed by atoms with Crippen molar-refractivity contribution in [1.82, 2.24) is 14.9 Å². The Balaban J connectivity index is 1.29. The van der Waals surface area contributed by atoms with Crippen LogP contribution in [0.3, 0.4) is 0 Å². The lowest BCUT2D eigenvalue weighted by Gasteiger charge is -2.27. The van der Waals surface area contributed by atoms with Crippen molar-refractivity contribution in [3.63, 3.8) is 0 Å². The molecule has 31 heavy (non-hydrogen) atoms. The van der Waals surface area contributed by atoms with Crippen LogP contribution in [-0.2, 0) is 19.5 Å². The number of halogens is 1. The van der Waals surface area contributed by atoms with Gasteiger partial charge in [0.1, 0.15) is 5.75 Å². The Morgan fingerprint density at radius 3 is 2.74 bits per heavy atom. The van der Waals surface area contributed by atoms with Gasteiger partial charge >= 0.3 is 0 Å². The summed E-state index contributed by atoms with van der Waals surface area (Å²) in [6.45, 7) is 2.79. The quantitative estimate of drug-likeness (QED) is 0.371. The fourth-order valence-corrected chi connectivity index (χ4v) is 5.13. The second-order valence-electron chi connectivity index (χ2n) is 7.60. The molecule has 0 fully saturated rings. The molecule has 2 aromatic heterocycles. The van der Waals surface area contributed by atoms with Gasteiger partial charge in [-0.25, -0.2) is 9.97 Å². The molecule has 4 aromatic rings. The minimum absolute atomic E-state index is 0.722. The van der Waals surface area contributed by atoms with Crippen molar-refractivity contribution in [2.24, 2.45) is 0 Å². The van der Waals surface area contributed by atoms with Crippen LogP contribution >= 0.6 is 22.9 Å². The maximum absolute atomic E-state index is 6.00. The van der Waals surface area contributed by atoms with Crippen LogP contribution in [0.4, 0.5) is 0 Å². The normalized spacial score (nSPS) is 13.7. The van der Waals surface area contributed by atoms with E-state index in [1.807, 2.05) is 53.9 Å². The van der Waals surface area contributed by atoms with Crippen LogP contribution in [0, 0.1) is 0 Å². The van der Waals surface area contributed by atoms with E-state index in [-0.39, 0.29) is 0 Å². The Hall–Kier alpha value is -2.73. The van der Waals surface area contributed by atoms with Crippen molar-refractivity contribution in [2.45, 2.75) is 19.5 Å². The summed E-state index contributed by atoms with van der Waals surface area (Å²) in [6, 6.07) is 20.3. The molecule has 0 spiro atoms. The summed E-state index contributed by atoms with van der Waals surface area (Å²) in [7, 11) is 1.72. The number of benzene rings is 2. The van der Waals surface area contributed by atoms with E-state index in [1.54, 1.807) is 7.11 Å². The molecule has 6 heteroatoms. The Bertz CT molecular complexity index is 1210. The molecule has 4 nitrogen and oxygen atoms in total. The van der Waals surface area contributed by atoms with E-state index in [1.165, 1.54) is 15.3 Å². The molecule has 0 bridgehead atoms. The number of rotatable bonds is 5. The maximum atomic E-state index is 6.00. The molecule has 5 rings (SSSR count). The lowest BCUT2D eigenvalue weighted by molar-refractivity contribution is 0.245. The minimum atomic E-state index is 0.722. The number of methoxy groups -OCH3 is 1. The Morgan fingerprint density at radius 1 is 1.06 bits per heavy atom. The van der Waals surface area contributed by atoms with Crippen LogP contribution < -0.4 is 4.74 Å². The van der Waals surface area contributed by atoms with E-state index in [4.69, 9.17) is 21.3 Å². The van der Waals surface area contributed by atoms with Gasteiger partial charge in [-0.3, -0.25) is 4.90 Å². The van der Waals surface area contributed by atoms with Gasteiger partial charge in [0.15, 0.2) is 5.82 Å². The predicted octanol–water partition coefficient (Wildman–Crippen LogP) is 6.09. The van der Waals surface area contributed by atoms with Gasteiger partial charge in [-0.05, 0) is 48.5 Å². The Kier molecular flexibility index (Phi) is 5.72. The van der Waals surface area contributed by atoms with E-state index < -0.39 is 0 Å². The average molecular weight is 448 g/mol. The van der Waals surface area contributed by atoms with Crippen molar-refractivity contribution in [2.75, 3.05) is 13.7 Å². The molecule has 0 saturated heterocycles. The molecule has 0 N–H and O–H groups in total. The summed E-state index contributed by atoms with van der Waals surface area (Å²) in [4.78, 5) is 14.5. The van der Waals surface area contributed by atoms with Gasteiger partial charge in [0.25, 0.3) is 0 Å². The second-order valence-corrected chi connectivity index (χ2v) is 9.20. The number of para-hydroxylation sites is 1. The number of hydrogen-bond donors (Lipinski definition) is 0. The van der Waals surface area contributed by atoms with Crippen LogP contribution in [0.2, 0.25) is 5.02 Å². The first-order chi connectivity index (χ1) is 15.2. The molecular formula is C25H22ClN3OS. The molecule has 2 aromatic carbocycles. The largest absolute Gasteiger partial charge is 0.496 e. The van der Waals surface area contributed by atoms with Crippen molar-refractivity contribution in [1.29, 1.82) is 0 Å². The first-order valence-electron chi connectivity index (χ1n) is 10.2. The highest BCUT2D eigenvalue weighted by molar-refractivity contribution is 7.15. The fraction of sp³-hybridized carbons (Fsp3) is 0.200. The minimum Gasteiger partial charge on any atom is -0.496 e. The van der Waals surface area contributed by atoms with E-state index in [9.17, 15) is 0 Å². The van der Waals surface area contributed by atoms with Crippen LogP contribution in [0.25, 0.3) is 21.8 Å². The SMILES string of the molecule is COc1ccccc1-c1ccc(CN2CCc3nc(-c4ccc(Cl)cc4)ncc3C2)s1. The molecule has 0 radical (unpaired) electrons. The molecule has 0 atom stereocenters. The third kappa shape index (κ3) is 4.35. The van der Waals surface area contributed by atoms with Crippen LogP contribution in [0.15, 0.2) is 66.9 Å². The first-order valence-corrected chi connectivity index (χ1v) is 11.4. The summed E-state index contributed by atoms with van der Waals surface area (Å²) in [6.07, 6.45) is 2.91. The topological polar surface area (TPSA) is 38.2 Å². The van der Waals surface area contributed by atoms with Gasteiger partial charge in [0, 0.05) is 63.7 Å². The molecule has 0 amide bonds. The van der Waals surface area contributed by atoms with Crippen LogP contribution in [-0.4, -0.2) is 28.5 Å². The molecule has 1 aliphatic rings. The average Bonchev–Trinajstić information content (AvgIpc) is 3.27. The number of nitrogens with zero attached hydrogens (tertiary/aromatic N) is 3. The second kappa shape index (κ2) is 8.79. The van der Waals surface area contributed by atoms with Crippen LogP contribution in [0.1, 0.15) is 16.1 Å². The number of thiophene rings is 1. The van der Waals surface area contributed by atoms with Crippen molar-refractivity contribution < 1.29 is 4.74 Å². The van der Waals surface area contributed by atoms with E-state index >= 15 is 0 Å². The number of hydrogen-bond acceptors (Lipinski definition) is 5. The highest BCUT2D eigenvalue weighted by atomic mass is 35.5. The van der Waals surface area contributed by atoms with Crippen molar-refractivity contribution in [3.8, 4) is 27.6 Å². The number of fused-ring (bicyclic) bond motifs is 1. The highest BCUT2D eigenvalue weighted by Gasteiger charge is 2.20. The molecule has 0 aliphatic carbocycles. The maximum Gasteiger partial charge on any atom is 0.159 e. The molecule has 1 aliphatic heterocycles. The van der Waals surface area contributed by atoms with Gasteiger partial charge < -0.3 is 4.74 Å². The van der Waals surface area contributed by atoms with Crippen molar-refractivity contribution in [3.05, 3.63) is 88.0 Å².